The Balaban J connectivity index is 0.00000108. The van der Waals surface area contributed by atoms with Crippen LogP contribution in [-0.4, -0.2) is 53.9 Å². The van der Waals surface area contributed by atoms with Crippen molar-refractivity contribution >= 4 is 18.4 Å². The zero-order valence-electron chi connectivity index (χ0n) is 17.2. The van der Waals surface area contributed by atoms with Gasteiger partial charge in [0.05, 0.1) is 12.2 Å². The number of likely N-dealkylation sites (tertiary alicyclic amines) is 1. The lowest BCUT2D eigenvalue weighted by molar-refractivity contribution is -0.136. The van der Waals surface area contributed by atoms with E-state index in [2.05, 4.69) is 24.0 Å². The number of ether oxygens (including phenoxy) is 1. The lowest BCUT2D eigenvalue weighted by Gasteiger charge is -2.38. The third-order valence-corrected chi connectivity index (χ3v) is 4.68. The van der Waals surface area contributed by atoms with Gasteiger partial charge in [0, 0.05) is 32.7 Å². The van der Waals surface area contributed by atoms with E-state index in [1.165, 1.54) is 6.42 Å². The molecule has 0 spiro atoms. The van der Waals surface area contributed by atoms with Crippen LogP contribution in [-0.2, 0) is 15.1 Å². The molecule has 1 aliphatic rings. The Hall–Kier alpha value is -1.40. The molecular weight excluding hydrogens is 378 g/mol. The normalized spacial score (nSPS) is 16.1. The molecular formula is C22H36ClNO4. The molecule has 160 valence electrons. The van der Waals surface area contributed by atoms with Crippen LogP contribution in [0.2, 0.25) is 0 Å². The highest BCUT2D eigenvalue weighted by molar-refractivity contribution is 5.85. The fourth-order valence-corrected chi connectivity index (χ4v) is 2.83. The summed E-state index contributed by atoms with van der Waals surface area (Å²) >= 11 is 0. The van der Waals surface area contributed by atoms with Gasteiger partial charge in [0.1, 0.15) is 0 Å². The number of nitrogens with zero attached hydrogens (tertiary/aromatic N) is 1. The van der Waals surface area contributed by atoms with Crippen molar-refractivity contribution in [2.75, 3.05) is 32.8 Å². The first-order valence-corrected chi connectivity index (χ1v) is 9.96. The van der Waals surface area contributed by atoms with Gasteiger partial charge in [-0.1, -0.05) is 62.8 Å². The van der Waals surface area contributed by atoms with Crippen LogP contribution in [0.25, 0.3) is 0 Å². The summed E-state index contributed by atoms with van der Waals surface area (Å²) in [6.45, 7) is 8.16. The first-order valence-electron chi connectivity index (χ1n) is 9.96. The van der Waals surface area contributed by atoms with Crippen molar-refractivity contribution in [3.63, 3.8) is 0 Å². The molecule has 0 amide bonds. The molecule has 0 radical (unpaired) electrons. The summed E-state index contributed by atoms with van der Waals surface area (Å²) in [7, 11) is 0. The molecule has 1 saturated heterocycles. The first kappa shape index (κ1) is 26.6. The number of aliphatic hydroxyl groups is 1. The van der Waals surface area contributed by atoms with Gasteiger partial charge < -0.3 is 14.9 Å². The summed E-state index contributed by atoms with van der Waals surface area (Å²) in [6, 6.07) is 10.1. The van der Waals surface area contributed by atoms with E-state index in [-0.39, 0.29) is 18.8 Å². The number of carboxylic acid groups (broad SMARTS) is 1. The zero-order chi connectivity index (χ0) is 20.0. The number of hydrogen-bond acceptors (Lipinski definition) is 4. The molecule has 2 rings (SSSR count). The Bertz CT molecular complexity index is 543. The number of carbonyl (C=O) groups is 1. The average Bonchev–Trinajstić information content (AvgIpc) is 2.70. The van der Waals surface area contributed by atoms with Crippen molar-refractivity contribution in [2.24, 2.45) is 0 Å². The number of unbranched alkanes of at least 4 members (excludes halogenated alkanes) is 1. The number of carboxylic acids is 1. The second kappa shape index (κ2) is 15.5. The van der Waals surface area contributed by atoms with Crippen LogP contribution in [0.3, 0.4) is 0 Å². The van der Waals surface area contributed by atoms with Gasteiger partial charge in [-0.3, -0.25) is 9.69 Å². The van der Waals surface area contributed by atoms with Crippen LogP contribution in [0.1, 0.15) is 51.5 Å². The summed E-state index contributed by atoms with van der Waals surface area (Å²) < 4.78 is 5.51. The second-order valence-electron chi connectivity index (χ2n) is 6.85. The van der Waals surface area contributed by atoms with Gasteiger partial charge >= 0.3 is 5.97 Å². The Morgan fingerprint density at radius 1 is 1.18 bits per heavy atom. The van der Waals surface area contributed by atoms with Crippen molar-refractivity contribution in [3.05, 3.63) is 48.0 Å². The van der Waals surface area contributed by atoms with Crippen LogP contribution in [0, 0.1) is 0 Å². The van der Waals surface area contributed by atoms with Gasteiger partial charge in [-0.15, -0.1) is 12.4 Å². The lowest BCUT2D eigenvalue weighted by Crippen LogP contribution is -2.42. The maximum absolute atomic E-state index is 10.8. The molecule has 2 N–H and O–H groups in total. The van der Waals surface area contributed by atoms with E-state index in [1.54, 1.807) is 6.92 Å². The summed E-state index contributed by atoms with van der Waals surface area (Å²) in [5, 5.41) is 18.5. The Kier molecular flexibility index (Phi) is 14.7. The maximum atomic E-state index is 10.8. The fraction of sp³-hybridized carbons (Fsp3) is 0.591. The minimum absolute atomic E-state index is 0. The largest absolute Gasteiger partial charge is 0.481 e. The predicted octanol–water partition coefficient (Wildman–Crippen LogP) is 4.25. The van der Waals surface area contributed by atoms with Crippen LogP contribution in [0.5, 0.6) is 0 Å². The average molecular weight is 414 g/mol. The van der Waals surface area contributed by atoms with Crippen LogP contribution >= 0.6 is 12.4 Å². The highest BCUT2D eigenvalue weighted by Crippen LogP contribution is 2.32. The number of halogens is 1. The SMILES string of the molecule is CCC(=O)O.CCCCOCC=CCN1CCC(O)(c2ccccc2)CC1.Cl. The van der Waals surface area contributed by atoms with Crippen molar-refractivity contribution in [3.8, 4) is 0 Å². The molecule has 1 heterocycles. The third kappa shape index (κ3) is 10.8. The Labute approximate surface area is 175 Å². The summed E-state index contributed by atoms with van der Waals surface area (Å²) in [5.41, 5.74) is 0.402. The summed E-state index contributed by atoms with van der Waals surface area (Å²) in [4.78, 5) is 11.8. The van der Waals surface area contributed by atoms with Crippen LogP contribution in [0.4, 0.5) is 0 Å². The van der Waals surface area contributed by atoms with Crippen molar-refractivity contribution in [1.82, 2.24) is 4.90 Å². The molecule has 0 aliphatic carbocycles. The van der Waals surface area contributed by atoms with Gasteiger partial charge in [-0.2, -0.15) is 0 Å². The topological polar surface area (TPSA) is 70.0 Å². The van der Waals surface area contributed by atoms with Crippen LogP contribution < -0.4 is 0 Å². The predicted molar refractivity (Wildman–Crippen MR) is 116 cm³/mol. The van der Waals surface area contributed by atoms with Gasteiger partial charge in [0.25, 0.3) is 0 Å². The van der Waals surface area contributed by atoms with Gasteiger partial charge in [0.15, 0.2) is 0 Å². The number of aliphatic carboxylic acids is 1. The first-order chi connectivity index (χ1) is 13.0. The minimum atomic E-state index is -0.745. The quantitative estimate of drug-likeness (QED) is 0.468. The summed E-state index contributed by atoms with van der Waals surface area (Å²) in [5.74, 6) is -0.745. The van der Waals surface area contributed by atoms with E-state index >= 15 is 0 Å². The van der Waals surface area contributed by atoms with E-state index in [4.69, 9.17) is 9.84 Å². The molecule has 0 bridgehead atoms. The van der Waals surface area contributed by atoms with Crippen molar-refractivity contribution < 1.29 is 19.7 Å². The molecule has 6 heteroatoms. The van der Waals surface area contributed by atoms with E-state index in [1.807, 2.05) is 30.3 Å². The van der Waals surface area contributed by atoms with E-state index < -0.39 is 11.6 Å². The van der Waals surface area contributed by atoms with Gasteiger partial charge in [-0.05, 0) is 24.8 Å². The Morgan fingerprint density at radius 2 is 1.79 bits per heavy atom. The van der Waals surface area contributed by atoms with Gasteiger partial charge in [-0.25, -0.2) is 0 Å². The Morgan fingerprint density at radius 3 is 2.32 bits per heavy atom. The molecule has 1 aliphatic heterocycles. The summed E-state index contributed by atoms with van der Waals surface area (Å²) in [6.07, 6.45) is 8.43. The highest BCUT2D eigenvalue weighted by atomic mass is 35.5. The van der Waals surface area contributed by atoms with E-state index in [0.717, 1.165) is 51.1 Å². The maximum Gasteiger partial charge on any atom is 0.303 e. The number of hydrogen-bond donors (Lipinski definition) is 2. The molecule has 1 fully saturated rings. The molecule has 28 heavy (non-hydrogen) atoms. The zero-order valence-corrected chi connectivity index (χ0v) is 18.0. The second-order valence-corrected chi connectivity index (χ2v) is 6.85. The molecule has 0 saturated carbocycles. The van der Waals surface area contributed by atoms with Gasteiger partial charge in [0.2, 0.25) is 0 Å². The molecule has 0 atom stereocenters. The molecule has 5 nitrogen and oxygen atoms in total. The number of rotatable bonds is 9. The third-order valence-electron chi connectivity index (χ3n) is 4.68. The highest BCUT2D eigenvalue weighted by Gasteiger charge is 2.33. The molecule has 1 aromatic carbocycles. The molecule has 0 aromatic heterocycles. The monoisotopic (exact) mass is 413 g/mol. The number of benzene rings is 1. The number of piperidine rings is 1. The van der Waals surface area contributed by atoms with Crippen molar-refractivity contribution in [1.29, 1.82) is 0 Å². The molecule has 0 unspecified atom stereocenters. The van der Waals surface area contributed by atoms with Crippen LogP contribution in [0.15, 0.2) is 42.5 Å². The minimum Gasteiger partial charge on any atom is -0.481 e. The van der Waals surface area contributed by atoms with E-state index in [9.17, 15) is 9.90 Å². The molecule has 1 aromatic rings. The van der Waals surface area contributed by atoms with Crippen molar-refractivity contribution in [2.45, 2.75) is 51.6 Å². The van der Waals surface area contributed by atoms with E-state index in [0.29, 0.717) is 6.61 Å². The smallest absolute Gasteiger partial charge is 0.303 e. The fourth-order valence-electron chi connectivity index (χ4n) is 2.83. The lowest BCUT2D eigenvalue weighted by atomic mass is 9.84. The standard InChI is InChI=1S/C19H29NO2.C3H6O2.ClH/c1-2-3-16-22-17-8-7-13-20-14-11-19(21,12-15-20)18-9-5-4-6-10-18;1-2-3(4)5;/h4-10,21H,2-3,11-17H2,1H3;2H2,1H3,(H,4,5);1H.